The lowest BCUT2D eigenvalue weighted by Crippen LogP contribution is -2.32. The van der Waals surface area contributed by atoms with Crippen LogP contribution in [0.3, 0.4) is 0 Å². The number of aliphatic hydroxyl groups is 1. The lowest BCUT2D eigenvalue weighted by molar-refractivity contribution is 0.249. The molecule has 2 N–H and O–H groups in total. The molecule has 3 heteroatoms. The third-order valence-electron chi connectivity index (χ3n) is 3.32. The van der Waals surface area contributed by atoms with Gasteiger partial charge in [0.05, 0.1) is 0 Å². The Kier molecular flexibility index (Phi) is 7.56. The zero-order chi connectivity index (χ0) is 13.4. The summed E-state index contributed by atoms with van der Waals surface area (Å²) in [7, 11) is 0. The van der Waals surface area contributed by atoms with Crippen LogP contribution in [0.15, 0.2) is 28.7 Å². The van der Waals surface area contributed by atoms with Crippen LogP contribution in [-0.4, -0.2) is 24.3 Å². The molecule has 0 heterocycles. The lowest BCUT2D eigenvalue weighted by atomic mass is 10.0. The van der Waals surface area contributed by atoms with Gasteiger partial charge in [-0.3, -0.25) is 0 Å². The molecule has 0 aliphatic rings. The summed E-state index contributed by atoms with van der Waals surface area (Å²) in [6, 6.07) is 8.96. The fraction of sp³-hybridized carbons (Fsp3) is 0.600. The standard InChI is InChI=1S/C15H24BrNO/c1-3-13(8-9-18)11-17-12(2)10-14-4-6-15(16)7-5-14/h4-7,12-13,17-18H,3,8-11H2,1-2H3. The fourth-order valence-corrected chi connectivity index (χ4v) is 2.31. The Morgan fingerprint density at radius 2 is 1.94 bits per heavy atom. The van der Waals surface area contributed by atoms with E-state index < -0.39 is 0 Å². The van der Waals surface area contributed by atoms with Crippen molar-refractivity contribution in [3.8, 4) is 0 Å². The molecule has 0 amide bonds. The summed E-state index contributed by atoms with van der Waals surface area (Å²) in [5, 5.41) is 12.5. The van der Waals surface area contributed by atoms with Crippen molar-refractivity contribution in [2.75, 3.05) is 13.2 Å². The molecule has 0 saturated carbocycles. The van der Waals surface area contributed by atoms with Gasteiger partial charge in [-0.1, -0.05) is 41.4 Å². The molecule has 0 fully saturated rings. The maximum Gasteiger partial charge on any atom is 0.0434 e. The quantitative estimate of drug-likeness (QED) is 0.771. The fourth-order valence-electron chi connectivity index (χ4n) is 2.05. The highest BCUT2D eigenvalue weighted by Gasteiger charge is 2.08. The topological polar surface area (TPSA) is 32.3 Å². The van der Waals surface area contributed by atoms with E-state index >= 15 is 0 Å². The predicted octanol–water partition coefficient (Wildman–Crippen LogP) is 3.38. The van der Waals surface area contributed by atoms with Crippen LogP contribution in [0.25, 0.3) is 0 Å². The first kappa shape index (κ1) is 15.7. The van der Waals surface area contributed by atoms with Crippen molar-refractivity contribution >= 4 is 15.9 Å². The van der Waals surface area contributed by atoms with Crippen molar-refractivity contribution in [2.24, 2.45) is 5.92 Å². The molecule has 0 aliphatic carbocycles. The highest BCUT2D eigenvalue weighted by molar-refractivity contribution is 9.10. The second-order valence-corrected chi connectivity index (χ2v) is 5.84. The Balaban J connectivity index is 2.32. The molecular formula is C15H24BrNO. The lowest BCUT2D eigenvalue weighted by Gasteiger charge is -2.19. The third kappa shape index (κ3) is 5.98. The highest BCUT2D eigenvalue weighted by atomic mass is 79.9. The summed E-state index contributed by atoms with van der Waals surface area (Å²) in [5.41, 5.74) is 1.36. The number of benzene rings is 1. The zero-order valence-electron chi connectivity index (χ0n) is 11.3. The monoisotopic (exact) mass is 313 g/mol. The SMILES string of the molecule is CCC(CCO)CNC(C)Cc1ccc(Br)cc1. The molecule has 2 nitrogen and oxygen atoms in total. The Morgan fingerprint density at radius 1 is 1.28 bits per heavy atom. The van der Waals surface area contributed by atoms with Crippen LogP contribution in [0.5, 0.6) is 0 Å². The molecule has 1 rings (SSSR count). The minimum absolute atomic E-state index is 0.293. The van der Waals surface area contributed by atoms with Crippen LogP contribution < -0.4 is 5.32 Å². The van der Waals surface area contributed by atoms with Crippen LogP contribution in [0, 0.1) is 5.92 Å². The first-order chi connectivity index (χ1) is 8.65. The van der Waals surface area contributed by atoms with E-state index in [4.69, 9.17) is 5.11 Å². The molecular weight excluding hydrogens is 290 g/mol. The molecule has 0 spiro atoms. The molecule has 0 bridgehead atoms. The summed E-state index contributed by atoms with van der Waals surface area (Å²) in [4.78, 5) is 0. The normalized spacial score (nSPS) is 14.4. The van der Waals surface area contributed by atoms with Gasteiger partial charge < -0.3 is 10.4 Å². The summed E-state index contributed by atoms with van der Waals surface area (Å²) >= 11 is 3.45. The summed E-state index contributed by atoms with van der Waals surface area (Å²) in [5.74, 6) is 0.586. The van der Waals surface area contributed by atoms with Gasteiger partial charge in [-0.25, -0.2) is 0 Å². The number of halogens is 1. The third-order valence-corrected chi connectivity index (χ3v) is 3.85. The van der Waals surface area contributed by atoms with Gasteiger partial charge >= 0.3 is 0 Å². The summed E-state index contributed by atoms with van der Waals surface area (Å²) in [6.07, 6.45) is 3.07. The Morgan fingerprint density at radius 3 is 2.50 bits per heavy atom. The molecule has 0 aromatic heterocycles. The van der Waals surface area contributed by atoms with Gasteiger partial charge in [-0.2, -0.15) is 0 Å². The van der Waals surface area contributed by atoms with Crippen LogP contribution in [-0.2, 0) is 6.42 Å². The zero-order valence-corrected chi connectivity index (χ0v) is 12.9. The van der Waals surface area contributed by atoms with E-state index in [0.717, 1.165) is 30.3 Å². The molecule has 102 valence electrons. The van der Waals surface area contributed by atoms with E-state index in [1.54, 1.807) is 0 Å². The molecule has 1 aromatic rings. The van der Waals surface area contributed by atoms with Crippen molar-refractivity contribution in [3.63, 3.8) is 0 Å². The van der Waals surface area contributed by atoms with Gasteiger partial charge in [-0.05, 0) is 49.9 Å². The van der Waals surface area contributed by atoms with E-state index in [9.17, 15) is 0 Å². The van der Waals surface area contributed by atoms with Gasteiger partial charge in [0.15, 0.2) is 0 Å². The van der Waals surface area contributed by atoms with Crippen molar-refractivity contribution < 1.29 is 5.11 Å². The minimum Gasteiger partial charge on any atom is -0.396 e. The van der Waals surface area contributed by atoms with Crippen LogP contribution in [0.4, 0.5) is 0 Å². The van der Waals surface area contributed by atoms with E-state index in [2.05, 4.69) is 59.4 Å². The number of hydrogen-bond donors (Lipinski definition) is 2. The molecule has 0 saturated heterocycles. The first-order valence-electron chi connectivity index (χ1n) is 6.74. The maximum atomic E-state index is 8.96. The van der Waals surface area contributed by atoms with Crippen molar-refractivity contribution in [1.29, 1.82) is 0 Å². The van der Waals surface area contributed by atoms with Gasteiger partial charge in [0, 0.05) is 17.1 Å². The van der Waals surface area contributed by atoms with E-state index in [1.165, 1.54) is 5.56 Å². The largest absolute Gasteiger partial charge is 0.396 e. The second kappa shape index (κ2) is 8.68. The van der Waals surface area contributed by atoms with Gasteiger partial charge in [0.1, 0.15) is 0 Å². The van der Waals surface area contributed by atoms with Crippen LogP contribution in [0.1, 0.15) is 32.3 Å². The Bertz CT molecular complexity index is 326. The van der Waals surface area contributed by atoms with E-state index in [-0.39, 0.29) is 0 Å². The van der Waals surface area contributed by atoms with Crippen molar-refractivity contribution in [2.45, 2.75) is 39.2 Å². The minimum atomic E-state index is 0.293. The summed E-state index contributed by atoms with van der Waals surface area (Å²) < 4.78 is 1.13. The molecule has 2 unspecified atom stereocenters. The number of hydrogen-bond acceptors (Lipinski definition) is 2. The van der Waals surface area contributed by atoms with E-state index in [1.807, 2.05) is 0 Å². The van der Waals surface area contributed by atoms with Crippen LogP contribution >= 0.6 is 15.9 Å². The van der Waals surface area contributed by atoms with Crippen LogP contribution in [0.2, 0.25) is 0 Å². The van der Waals surface area contributed by atoms with Gasteiger partial charge in [0.2, 0.25) is 0 Å². The van der Waals surface area contributed by atoms with Crippen molar-refractivity contribution in [3.05, 3.63) is 34.3 Å². The highest BCUT2D eigenvalue weighted by Crippen LogP contribution is 2.12. The van der Waals surface area contributed by atoms with Gasteiger partial charge in [0.25, 0.3) is 0 Å². The first-order valence-corrected chi connectivity index (χ1v) is 7.53. The molecule has 0 aliphatic heterocycles. The predicted molar refractivity (Wildman–Crippen MR) is 80.8 cm³/mol. The molecule has 1 aromatic carbocycles. The molecule has 0 radical (unpaired) electrons. The van der Waals surface area contributed by atoms with Crippen molar-refractivity contribution in [1.82, 2.24) is 5.32 Å². The maximum absolute atomic E-state index is 8.96. The Labute approximate surface area is 119 Å². The molecule has 18 heavy (non-hydrogen) atoms. The number of rotatable bonds is 8. The second-order valence-electron chi connectivity index (χ2n) is 4.93. The summed E-state index contributed by atoms with van der Waals surface area (Å²) in [6.45, 7) is 5.69. The molecule has 2 atom stereocenters. The Hall–Kier alpha value is -0.380. The van der Waals surface area contributed by atoms with E-state index in [0.29, 0.717) is 18.6 Å². The smallest absolute Gasteiger partial charge is 0.0434 e. The average Bonchev–Trinajstić information content (AvgIpc) is 2.37. The number of nitrogens with one attached hydrogen (secondary N) is 1. The average molecular weight is 314 g/mol. The van der Waals surface area contributed by atoms with Gasteiger partial charge in [-0.15, -0.1) is 0 Å². The number of aliphatic hydroxyl groups excluding tert-OH is 1.